The van der Waals surface area contributed by atoms with Crippen LogP contribution in [0, 0.1) is 11.8 Å². The maximum Gasteiger partial charge on any atom is 0.0701 e. The lowest BCUT2D eigenvalue weighted by molar-refractivity contribution is 0.0481. The molecule has 0 heterocycles. The van der Waals surface area contributed by atoms with E-state index in [1.54, 1.807) is 0 Å². The van der Waals surface area contributed by atoms with Gasteiger partial charge in [-0.3, -0.25) is 0 Å². The van der Waals surface area contributed by atoms with Gasteiger partial charge in [-0.1, -0.05) is 6.92 Å². The van der Waals surface area contributed by atoms with Crippen LogP contribution in [0.5, 0.6) is 0 Å². The molecule has 100 valence electrons. The summed E-state index contributed by atoms with van der Waals surface area (Å²) in [6.07, 6.45) is 6.87. The van der Waals surface area contributed by atoms with Crippen LogP contribution in [-0.2, 0) is 9.47 Å². The van der Waals surface area contributed by atoms with Crippen LogP contribution in [0.25, 0.3) is 0 Å². The quantitative estimate of drug-likeness (QED) is 0.563. The molecule has 2 rings (SSSR count). The Kier molecular flexibility index (Phi) is 5.75. The van der Waals surface area contributed by atoms with Crippen molar-refractivity contribution in [2.75, 3.05) is 33.0 Å². The number of nitrogens with one attached hydrogen (secondary N) is 1. The number of hydrogen-bond acceptors (Lipinski definition) is 3. The molecule has 0 aromatic carbocycles. The van der Waals surface area contributed by atoms with E-state index < -0.39 is 0 Å². The van der Waals surface area contributed by atoms with E-state index in [1.807, 2.05) is 0 Å². The molecule has 2 aliphatic carbocycles. The fourth-order valence-corrected chi connectivity index (χ4v) is 2.39. The summed E-state index contributed by atoms with van der Waals surface area (Å²) in [5.74, 6) is 1.96. The minimum atomic E-state index is 0.735. The molecule has 2 saturated carbocycles. The van der Waals surface area contributed by atoms with Gasteiger partial charge in [0.1, 0.15) is 0 Å². The molecule has 2 fully saturated rings. The van der Waals surface area contributed by atoms with Gasteiger partial charge in [0, 0.05) is 19.2 Å². The molecule has 0 radical (unpaired) electrons. The van der Waals surface area contributed by atoms with Crippen molar-refractivity contribution in [3.63, 3.8) is 0 Å². The maximum atomic E-state index is 5.54. The summed E-state index contributed by atoms with van der Waals surface area (Å²) >= 11 is 0. The average molecular weight is 241 g/mol. The molecule has 0 aliphatic heterocycles. The fraction of sp³-hybridized carbons (Fsp3) is 1.00. The molecule has 1 N–H and O–H groups in total. The lowest BCUT2D eigenvalue weighted by Gasteiger charge is -2.17. The Bertz CT molecular complexity index is 190. The molecule has 0 aromatic heterocycles. The van der Waals surface area contributed by atoms with E-state index in [0.717, 1.165) is 57.3 Å². The van der Waals surface area contributed by atoms with E-state index >= 15 is 0 Å². The maximum absolute atomic E-state index is 5.54. The topological polar surface area (TPSA) is 30.5 Å². The molecule has 2 aliphatic rings. The van der Waals surface area contributed by atoms with Crippen LogP contribution in [0.15, 0.2) is 0 Å². The Morgan fingerprint density at radius 2 is 1.53 bits per heavy atom. The molecule has 0 spiro atoms. The largest absolute Gasteiger partial charge is 0.379 e. The molecule has 0 atom stereocenters. The highest BCUT2D eigenvalue weighted by molar-refractivity contribution is 4.96. The summed E-state index contributed by atoms with van der Waals surface area (Å²) in [5, 5.41) is 3.68. The average Bonchev–Trinajstić information content (AvgIpc) is 3.18. The van der Waals surface area contributed by atoms with E-state index in [4.69, 9.17) is 9.47 Å². The lowest BCUT2D eigenvalue weighted by atomic mass is 10.1. The van der Waals surface area contributed by atoms with Crippen LogP contribution >= 0.6 is 0 Å². The van der Waals surface area contributed by atoms with Crippen LogP contribution in [0.3, 0.4) is 0 Å². The minimum Gasteiger partial charge on any atom is -0.379 e. The van der Waals surface area contributed by atoms with E-state index in [-0.39, 0.29) is 0 Å². The van der Waals surface area contributed by atoms with Crippen molar-refractivity contribution in [2.24, 2.45) is 11.8 Å². The van der Waals surface area contributed by atoms with Crippen LogP contribution in [0.1, 0.15) is 39.0 Å². The molecule has 17 heavy (non-hydrogen) atoms. The lowest BCUT2D eigenvalue weighted by Crippen LogP contribution is -2.35. The first-order valence-electron chi connectivity index (χ1n) is 7.30. The highest BCUT2D eigenvalue weighted by Gasteiger charge is 2.40. The van der Waals surface area contributed by atoms with Crippen molar-refractivity contribution in [3.8, 4) is 0 Å². The molecule has 0 unspecified atom stereocenters. The van der Waals surface area contributed by atoms with E-state index in [1.165, 1.54) is 25.7 Å². The van der Waals surface area contributed by atoms with Gasteiger partial charge in [0.2, 0.25) is 0 Å². The zero-order valence-corrected chi connectivity index (χ0v) is 11.1. The zero-order valence-electron chi connectivity index (χ0n) is 11.1. The molecule has 0 saturated heterocycles. The van der Waals surface area contributed by atoms with Gasteiger partial charge in [0.25, 0.3) is 0 Å². The van der Waals surface area contributed by atoms with Crippen molar-refractivity contribution in [1.82, 2.24) is 5.32 Å². The summed E-state index contributed by atoms with van der Waals surface area (Å²) in [5.41, 5.74) is 0. The molecule has 3 nitrogen and oxygen atoms in total. The summed E-state index contributed by atoms with van der Waals surface area (Å²) < 4.78 is 10.9. The third kappa shape index (κ3) is 5.36. The van der Waals surface area contributed by atoms with Gasteiger partial charge in [0.15, 0.2) is 0 Å². The van der Waals surface area contributed by atoms with Gasteiger partial charge in [-0.25, -0.2) is 0 Å². The van der Waals surface area contributed by atoms with Crippen LogP contribution in [0.4, 0.5) is 0 Å². The number of hydrogen-bond donors (Lipinski definition) is 1. The third-order valence-electron chi connectivity index (χ3n) is 3.61. The number of rotatable bonds is 11. The van der Waals surface area contributed by atoms with Crippen LogP contribution in [0.2, 0.25) is 0 Å². The van der Waals surface area contributed by atoms with Gasteiger partial charge >= 0.3 is 0 Å². The van der Waals surface area contributed by atoms with Gasteiger partial charge in [-0.05, 0) is 43.9 Å². The smallest absolute Gasteiger partial charge is 0.0701 e. The van der Waals surface area contributed by atoms with Crippen molar-refractivity contribution < 1.29 is 9.47 Å². The predicted molar refractivity (Wildman–Crippen MR) is 69.2 cm³/mol. The van der Waals surface area contributed by atoms with Gasteiger partial charge in [-0.2, -0.15) is 0 Å². The Morgan fingerprint density at radius 1 is 0.941 bits per heavy atom. The summed E-state index contributed by atoms with van der Waals surface area (Å²) in [6.45, 7) is 6.28. The van der Waals surface area contributed by atoms with Crippen LogP contribution in [-0.4, -0.2) is 39.0 Å². The van der Waals surface area contributed by atoms with Gasteiger partial charge in [-0.15, -0.1) is 0 Å². The highest BCUT2D eigenvalue weighted by atomic mass is 16.5. The molecule has 3 heteroatoms. The van der Waals surface area contributed by atoms with Crippen molar-refractivity contribution in [2.45, 2.75) is 45.1 Å². The van der Waals surface area contributed by atoms with E-state index in [0.29, 0.717) is 0 Å². The molecular weight excluding hydrogens is 214 g/mol. The zero-order chi connectivity index (χ0) is 11.9. The molecule has 0 bridgehead atoms. The van der Waals surface area contributed by atoms with Crippen molar-refractivity contribution in [3.05, 3.63) is 0 Å². The minimum absolute atomic E-state index is 0.735. The first-order chi connectivity index (χ1) is 8.42. The fourth-order valence-electron chi connectivity index (χ4n) is 2.39. The van der Waals surface area contributed by atoms with E-state index in [2.05, 4.69) is 12.2 Å². The first-order valence-corrected chi connectivity index (χ1v) is 7.30. The highest BCUT2D eigenvalue weighted by Crippen LogP contribution is 2.44. The van der Waals surface area contributed by atoms with Gasteiger partial charge in [0.05, 0.1) is 19.8 Å². The Morgan fingerprint density at radius 3 is 2.06 bits per heavy atom. The molecule has 0 amide bonds. The summed E-state index contributed by atoms with van der Waals surface area (Å²) in [6, 6.07) is 0.801. The second-order valence-corrected chi connectivity index (χ2v) is 5.38. The summed E-state index contributed by atoms with van der Waals surface area (Å²) in [7, 11) is 0. The van der Waals surface area contributed by atoms with Crippen molar-refractivity contribution >= 4 is 0 Å². The predicted octanol–water partition coefficient (Wildman–Crippen LogP) is 2.21. The summed E-state index contributed by atoms with van der Waals surface area (Å²) in [4.78, 5) is 0. The Balaban J connectivity index is 1.40. The molecular formula is C14H27NO2. The second kappa shape index (κ2) is 7.34. The Labute approximate surface area is 105 Å². The standard InChI is InChI=1S/C14H27NO2/c1-2-8-16-10-11-17-9-7-15-14(12-3-4-12)13-5-6-13/h12-15H,2-11H2,1H3. The van der Waals surface area contributed by atoms with E-state index in [9.17, 15) is 0 Å². The second-order valence-electron chi connectivity index (χ2n) is 5.38. The van der Waals surface area contributed by atoms with Gasteiger partial charge < -0.3 is 14.8 Å². The SMILES string of the molecule is CCCOCCOCCNC(C1CC1)C1CC1. The Hall–Kier alpha value is -0.120. The normalized spacial score (nSPS) is 20.1. The third-order valence-corrected chi connectivity index (χ3v) is 3.61. The van der Waals surface area contributed by atoms with Crippen LogP contribution < -0.4 is 5.32 Å². The monoisotopic (exact) mass is 241 g/mol. The van der Waals surface area contributed by atoms with Crippen molar-refractivity contribution in [1.29, 1.82) is 0 Å². The molecule has 0 aromatic rings. The first kappa shape index (κ1) is 13.3. The number of ether oxygens (including phenoxy) is 2.